The molecule has 25 heavy (non-hydrogen) atoms. The van der Waals surface area contributed by atoms with Gasteiger partial charge in [-0.15, -0.1) is 10.2 Å². The van der Waals surface area contributed by atoms with Crippen LogP contribution in [-0.2, 0) is 17.7 Å². The normalized spacial score (nSPS) is 22.0. The molecule has 0 spiro atoms. The molecule has 3 heterocycles. The van der Waals surface area contributed by atoms with Gasteiger partial charge in [-0.25, -0.2) is 0 Å². The molecule has 0 saturated carbocycles. The molecule has 0 aliphatic carbocycles. The Labute approximate surface area is 153 Å². The summed E-state index contributed by atoms with van der Waals surface area (Å²) in [5.41, 5.74) is 1.14. The van der Waals surface area contributed by atoms with Crippen LogP contribution in [0.1, 0.15) is 36.2 Å². The zero-order valence-corrected chi connectivity index (χ0v) is 15.0. The first kappa shape index (κ1) is 16.8. The van der Waals surface area contributed by atoms with Crippen LogP contribution in [0.2, 0.25) is 0 Å². The Bertz CT molecular complexity index is 737. The van der Waals surface area contributed by atoms with Gasteiger partial charge in [0.1, 0.15) is 11.9 Å². The van der Waals surface area contributed by atoms with Gasteiger partial charge in [-0.3, -0.25) is 4.90 Å². The summed E-state index contributed by atoms with van der Waals surface area (Å²) >= 11 is 6.49. The van der Waals surface area contributed by atoms with Crippen molar-refractivity contribution in [3.05, 3.63) is 52.6 Å². The molecule has 2 aliphatic rings. The van der Waals surface area contributed by atoms with Gasteiger partial charge in [-0.2, -0.15) is 0 Å². The summed E-state index contributed by atoms with van der Waals surface area (Å²) in [5, 5.41) is 9.66. The molecule has 132 valence electrons. The Balaban J connectivity index is 1.41. The average molecular weight is 359 g/mol. The van der Waals surface area contributed by atoms with E-state index in [0.29, 0.717) is 0 Å². The first-order chi connectivity index (χ1) is 12.3. The van der Waals surface area contributed by atoms with Gasteiger partial charge >= 0.3 is 0 Å². The quantitative estimate of drug-likeness (QED) is 0.841. The van der Waals surface area contributed by atoms with Crippen molar-refractivity contribution in [3.8, 4) is 0 Å². The Morgan fingerprint density at radius 1 is 1.20 bits per heavy atom. The van der Waals surface area contributed by atoms with E-state index < -0.39 is 0 Å². The Hall–Kier alpha value is -1.69. The topological polar surface area (TPSA) is 43.2 Å². The summed E-state index contributed by atoms with van der Waals surface area (Å²) in [4.78, 5) is 2.38. The van der Waals surface area contributed by atoms with Crippen molar-refractivity contribution < 1.29 is 4.74 Å². The molecule has 1 aromatic heterocycles. The maximum absolute atomic E-state index is 6.49. The van der Waals surface area contributed by atoms with E-state index in [4.69, 9.17) is 16.3 Å². The van der Waals surface area contributed by atoms with Gasteiger partial charge in [0.15, 0.2) is 5.82 Å². The first-order valence-corrected chi connectivity index (χ1v) is 9.34. The molecule has 5 nitrogen and oxygen atoms in total. The van der Waals surface area contributed by atoms with Crippen molar-refractivity contribution in [2.24, 2.45) is 0 Å². The van der Waals surface area contributed by atoms with Crippen LogP contribution < -0.4 is 0 Å². The van der Waals surface area contributed by atoms with Crippen molar-refractivity contribution in [1.29, 1.82) is 0 Å². The number of hydrogen-bond acceptors (Lipinski definition) is 4. The SMILES string of the molecule is ClC(=Cc1ccccc1)CN1CCc2nnc(C3CCCO3)n2CC1. The van der Waals surface area contributed by atoms with Crippen LogP contribution in [0, 0.1) is 0 Å². The standard InChI is InChI=1S/C19H23ClN4O/c20-16(13-15-5-2-1-3-6-15)14-23-9-8-18-21-22-19(24(18)11-10-23)17-7-4-12-25-17/h1-3,5-6,13,17H,4,7-12,14H2. The second-order valence-electron chi connectivity index (χ2n) is 6.66. The molecule has 2 aromatic rings. The maximum Gasteiger partial charge on any atom is 0.162 e. The van der Waals surface area contributed by atoms with Crippen molar-refractivity contribution in [2.75, 3.05) is 26.2 Å². The lowest BCUT2D eigenvalue weighted by Crippen LogP contribution is -2.28. The van der Waals surface area contributed by atoms with Crippen LogP contribution in [0.5, 0.6) is 0 Å². The highest BCUT2D eigenvalue weighted by molar-refractivity contribution is 6.31. The Morgan fingerprint density at radius 3 is 2.88 bits per heavy atom. The first-order valence-electron chi connectivity index (χ1n) is 8.96. The van der Waals surface area contributed by atoms with Crippen LogP contribution in [0.3, 0.4) is 0 Å². The third-order valence-corrected chi connectivity index (χ3v) is 5.09. The lowest BCUT2D eigenvalue weighted by molar-refractivity contribution is 0.101. The minimum atomic E-state index is 0.120. The minimum absolute atomic E-state index is 0.120. The summed E-state index contributed by atoms with van der Waals surface area (Å²) in [5.74, 6) is 2.07. The molecule has 0 amide bonds. The lowest BCUT2D eigenvalue weighted by atomic mass is 10.2. The second kappa shape index (κ2) is 7.68. The van der Waals surface area contributed by atoms with E-state index in [1.807, 2.05) is 24.3 Å². The molecule has 1 aromatic carbocycles. The van der Waals surface area contributed by atoms with Gasteiger partial charge < -0.3 is 9.30 Å². The predicted molar refractivity (Wildman–Crippen MR) is 98.4 cm³/mol. The van der Waals surface area contributed by atoms with Gasteiger partial charge in [-0.1, -0.05) is 41.9 Å². The highest BCUT2D eigenvalue weighted by Gasteiger charge is 2.27. The van der Waals surface area contributed by atoms with E-state index in [9.17, 15) is 0 Å². The zero-order valence-electron chi connectivity index (χ0n) is 14.3. The van der Waals surface area contributed by atoms with Crippen LogP contribution >= 0.6 is 11.6 Å². The third kappa shape index (κ3) is 3.94. The number of aromatic nitrogens is 3. The summed E-state index contributed by atoms with van der Waals surface area (Å²) in [6.45, 7) is 4.39. The Morgan fingerprint density at radius 2 is 2.08 bits per heavy atom. The highest BCUT2D eigenvalue weighted by atomic mass is 35.5. The number of rotatable bonds is 4. The van der Waals surface area contributed by atoms with Crippen molar-refractivity contribution in [3.63, 3.8) is 0 Å². The van der Waals surface area contributed by atoms with Gasteiger partial charge in [0.25, 0.3) is 0 Å². The molecular formula is C19H23ClN4O. The number of nitrogens with zero attached hydrogens (tertiary/aromatic N) is 4. The van der Waals surface area contributed by atoms with E-state index in [-0.39, 0.29) is 6.10 Å². The van der Waals surface area contributed by atoms with E-state index in [0.717, 1.165) is 74.3 Å². The number of hydrogen-bond donors (Lipinski definition) is 0. The molecule has 1 fully saturated rings. The molecule has 0 radical (unpaired) electrons. The molecule has 1 atom stereocenters. The highest BCUT2D eigenvalue weighted by Crippen LogP contribution is 2.28. The van der Waals surface area contributed by atoms with E-state index in [2.05, 4.69) is 31.8 Å². The average Bonchev–Trinajstić information content (AvgIpc) is 3.24. The smallest absolute Gasteiger partial charge is 0.162 e. The fourth-order valence-electron chi connectivity index (χ4n) is 3.56. The minimum Gasteiger partial charge on any atom is -0.370 e. The van der Waals surface area contributed by atoms with Crippen molar-refractivity contribution >= 4 is 17.7 Å². The summed E-state index contributed by atoms with van der Waals surface area (Å²) in [6.07, 6.45) is 5.22. The molecule has 1 saturated heterocycles. The van der Waals surface area contributed by atoms with Crippen molar-refractivity contribution in [1.82, 2.24) is 19.7 Å². The molecule has 1 unspecified atom stereocenters. The molecule has 0 N–H and O–H groups in total. The molecule has 4 rings (SSSR count). The molecule has 0 bridgehead atoms. The summed E-state index contributed by atoms with van der Waals surface area (Å²) < 4.78 is 8.05. The van der Waals surface area contributed by atoms with Gasteiger partial charge in [0, 0.05) is 44.2 Å². The monoisotopic (exact) mass is 358 g/mol. The second-order valence-corrected chi connectivity index (χ2v) is 7.14. The zero-order chi connectivity index (χ0) is 17.1. The van der Waals surface area contributed by atoms with Crippen LogP contribution in [-0.4, -0.2) is 45.9 Å². The number of benzene rings is 1. The van der Waals surface area contributed by atoms with Crippen molar-refractivity contribution in [2.45, 2.75) is 31.9 Å². The van der Waals surface area contributed by atoms with Crippen LogP contribution in [0.25, 0.3) is 6.08 Å². The fraction of sp³-hybridized carbons (Fsp3) is 0.474. The van der Waals surface area contributed by atoms with Gasteiger partial charge in [-0.05, 0) is 24.5 Å². The number of fused-ring (bicyclic) bond motifs is 1. The van der Waals surface area contributed by atoms with E-state index >= 15 is 0 Å². The fourth-order valence-corrected chi connectivity index (χ4v) is 3.85. The largest absolute Gasteiger partial charge is 0.370 e. The van der Waals surface area contributed by atoms with Crippen LogP contribution in [0.4, 0.5) is 0 Å². The summed E-state index contributed by atoms with van der Waals surface area (Å²) in [6, 6.07) is 10.2. The molecule has 6 heteroatoms. The van der Waals surface area contributed by atoms with E-state index in [1.54, 1.807) is 0 Å². The number of halogens is 1. The molecule has 2 aliphatic heterocycles. The van der Waals surface area contributed by atoms with E-state index in [1.165, 1.54) is 0 Å². The number of ether oxygens (including phenoxy) is 1. The lowest BCUT2D eigenvalue weighted by Gasteiger charge is -2.19. The molecular weight excluding hydrogens is 336 g/mol. The Kier molecular flexibility index (Phi) is 5.15. The van der Waals surface area contributed by atoms with Crippen LogP contribution in [0.15, 0.2) is 35.4 Å². The maximum atomic E-state index is 6.49. The van der Waals surface area contributed by atoms with Gasteiger partial charge in [0.05, 0.1) is 0 Å². The third-order valence-electron chi connectivity index (χ3n) is 4.86. The predicted octanol–water partition coefficient (Wildman–Crippen LogP) is 3.27. The summed E-state index contributed by atoms with van der Waals surface area (Å²) in [7, 11) is 0. The van der Waals surface area contributed by atoms with Gasteiger partial charge in [0.2, 0.25) is 0 Å².